The van der Waals surface area contributed by atoms with E-state index in [0.29, 0.717) is 6.54 Å². The summed E-state index contributed by atoms with van der Waals surface area (Å²) in [6.45, 7) is 0.680. The molecule has 4 rings (SSSR count). The van der Waals surface area contributed by atoms with Crippen molar-refractivity contribution >= 4 is 28.4 Å². The maximum Gasteiger partial charge on any atom is 0.305 e. The Balaban J connectivity index is 1.85. The summed E-state index contributed by atoms with van der Waals surface area (Å²) in [7, 11) is 0. The van der Waals surface area contributed by atoms with E-state index in [9.17, 15) is 19.3 Å². The molecule has 0 saturated carbocycles. The van der Waals surface area contributed by atoms with Crippen LogP contribution in [0, 0.1) is 15.9 Å². The molecule has 3 aromatic rings. The minimum Gasteiger partial charge on any atom is -0.463 e. The number of aliphatic imine (C=N–C) groups is 1. The van der Waals surface area contributed by atoms with Gasteiger partial charge in [-0.15, -0.1) is 0 Å². The van der Waals surface area contributed by atoms with Gasteiger partial charge in [0.2, 0.25) is 5.82 Å². The Hall–Kier alpha value is -3.68. The van der Waals surface area contributed by atoms with Crippen molar-refractivity contribution < 1.29 is 13.7 Å². The van der Waals surface area contributed by atoms with E-state index in [1.54, 1.807) is 18.5 Å². The molecule has 3 heterocycles. The predicted molar refractivity (Wildman–Crippen MR) is 102 cm³/mol. The highest BCUT2D eigenvalue weighted by Crippen LogP contribution is 2.25. The lowest BCUT2D eigenvalue weighted by atomic mass is 9.95. The van der Waals surface area contributed by atoms with Crippen molar-refractivity contribution in [2.45, 2.75) is 12.8 Å². The topological polar surface area (TPSA) is 98.6 Å². The molecule has 0 atom stereocenters. The molecule has 0 saturated heterocycles. The molecule has 28 heavy (non-hydrogen) atoms. The van der Waals surface area contributed by atoms with Gasteiger partial charge in [0.15, 0.2) is 5.43 Å². The molecular weight excluding hydrogens is 365 g/mol. The number of hydrogen-bond donors (Lipinski definition) is 0. The molecule has 1 aromatic carbocycles. The molecule has 140 valence electrons. The van der Waals surface area contributed by atoms with Gasteiger partial charge in [-0.25, -0.2) is 0 Å². The minimum absolute atomic E-state index is 0.0416. The number of nitro groups is 1. The fourth-order valence-corrected chi connectivity index (χ4v) is 3.18. The smallest absolute Gasteiger partial charge is 0.305 e. The van der Waals surface area contributed by atoms with Crippen LogP contribution in [0.5, 0.6) is 0 Å². The molecule has 1 aliphatic heterocycles. The van der Waals surface area contributed by atoms with E-state index in [4.69, 9.17) is 4.42 Å². The second-order valence-electron chi connectivity index (χ2n) is 6.32. The average Bonchev–Trinajstić information content (AvgIpc) is 2.70. The third-order valence-electron chi connectivity index (χ3n) is 4.51. The second-order valence-corrected chi connectivity index (χ2v) is 6.32. The van der Waals surface area contributed by atoms with Gasteiger partial charge in [-0.05, 0) is 36.6 Å². The van der Waals surface area contributed by atoms with E-state index in [1.807, 2.05) is 12.1 Å². The van der Waals surface area contributed by atoms with Crippen molar-refractivity contribution in [3.05, 3.63) is 85.8 Å². The van der Waals surface area contributed by atoms with Gasteiger partial charge in [-0.3, -0.25) is 24.9 Å². The van der Waals surface area contributed by atoms with Gasteiger partial charge in [0.05, 0.1) is 21.6 Å². The monoisotopic (exact) mass is 379 g/mol. The molecule has 0 fully saturated rings. The van der Waals surface area contributed by atoms with Gasteiger partial charge in [-0.1, -0.05) is 0 Å². The molecule has 0 bridgehead atoms. The van der Waals surface area contributed by atoms with Gasteiger partial charge >= 0.3 is 5.69 Å². The molecule has 0 radical (unpaired) electrons. The van der Waals surface area contributed by atoms with Gasteiger partial charge in [0, 0.05) is 36.6 Å². The highest BCUT2D eigenvalue weighted by atomic mass is 19.1. The first-order valence-corrected chi connectivity index (χ1v) is 8.60. The number of nitro benzene ring substituents is 1. The molecule has 0 amide bonds. The quantitative estimate of drug-likeness (QED) is 0.508. The normalized spacial score (nSPS) is 15.6. The lowest BCUT2D eigenvalue weighted by molar-refractivity contribution is -0.387. The van der Waals surface area contributed by atoms with Crippen LogP contribution in [0.25, 0.3) is 17.0 Å². The standard InChI is InChI=1S/C20H14FN3O4/c21-16-9-18-15(8-17(16)24(26)27)20(25)14(11-28-18)7-12-3-2-6-23-19(12)13-4-1-5-22-10-13/h1,4-5,7-11H,2-3,6H2. The van der Waals surface area contributed by atoms with Crippen molar-refractivity contribution in [1.82, 2.24) is 4.98 Å². The van der Waals surface area contributed by atoms with E-state index in [2.05, 4.69) is 9.98 Å². The summed E-state index contributed by atoms with van der Waals surface area (Å²) in [6, 6.07) is 5.46. The first-order chi connectivity index (χ1) is 13.5. The van der Waals surface area contributed by atoms with Crippen LogP contribution in [0.3, 0.4) is 0 Å². The average molecular weight is 379 g/mol. The number of hydrogen-bond acceptors (Lipinski definition) is 6. The zero-order valence-corrected chi connectivity index (χ0v) is 14.6. The van der Waals surface area contributed by atoms with Crippen LogP contribution in [-0.4, -0.2) is 22.2 Å². The molecular formula is C20H14FN3O4. The highest BCUT2D eigenvalue weighted by molar-refractivity contribution is 6.15. The van der Waals surface area contributed by atoms with E-state index in [1.165, 1.54) is 6.26 Å². The predicted octanol–water partition coefficient (Wildman–Crippen LogP) is 3.90. The number of pyridine rings is 1. The first-order valence-electron chi connectivity index (χ1n) is 8.60. The Bertz CT molecular complexity index is 1200. The number of allylic oxidation sites excluding steroid dienone is 1. The molecule has 0 unspecified atom stereocenters. The lowest BCUT2D eigenvalue weighted by Gasteiger charge is -2.16. The molecule has 0 aliphatic carbocycles. The van der Waals surface area contributed by atoms with Crippen LogP contribution in [-0.2, 0) is 0 Å². The number of rotatable bonds is 3. The molecule has 0 spiro atoms. The second kappa shape index (κ2) is 7.15. The Labute approximate surface area is 158 Å². The maximum absolute atomic E-state index is 13.8. The fraction of sp³-hybridized carbons (Fsp3) is 0.150. The Morgan fingerprint density at radius 3 is 2.93 bits per heavy atom. The fourth-order valence-electron chi connectivity index (χ4n) is 3.18. The number of nitrogens with zero attached hydrogens (tertiary/aromatic N) is 3. The summed E-state index contributed by atoms with van der Waals surface area (Å²) in [5.74, 6) is -1.05. The van der Waals surface area contributed by atoms with Gasteiger partial charge in [0.1, 0.15) is 11.8 Å². The number of benzene rings is 1. The largest absolute Gasteiger partial charge is 0.463 e. The van der Waals surface area contributed by atoms with Crippen LogP contribution in [0.2, 0.25) is 0 Å². The van der Waals surface area contributed by atoms with Crippen LogP contribution >= 0.6 is 0 Å². The number of aromatic nitrogens is 1. The zero-order chi connectivity index (χ0) is 19.7. The van der Waals surface area contributed by atoms with E-state index >= 15 is 0 Å². The van der Waals surface area contributed by atoms with Crippen molar-refractivity contribution in [2.24, 2.45) is 4.99 Å². The maximum atomic E-state index is 13.8. The van der Waals surface area contributed by atoms with Crippen LogP contribution in [0.1, 0.15) is 24.0 Å². The summed E-state index contributed by atoms with van der Waals surface area (Å²) in [6.07, 6.45) is 7.83. The molecule has 0 N–H and O–H groups in total. The minimum atomic E-state index is -1.05. The number of halogens is 1. The van der Waals surface area contributed by atoms with Gasteiger partial charge in [-0.2, -0.15) is 4.39 Å². The van der Waals surface area contributed by atoms with Crippen LogP contribution in [0.4, 0.5) is 10.1 Å². The van der Waals surface area contributed by atoms with Crippen LogP contribution in [0.15, 0.2) is 62.7 Å². The van der Waals surface area contributed by atoms with Crippen molar-refractivity contribution in [1.29, 1.82) is 0 Å². The Morgan fingerprint density at radius 1 is 1.32 bits per heavy atom. The van der Waals surface area contributed by atoms with Crippen molar-refractivity contribution in [3.63, 3.8) is 0 Å². The van der Waals surface area contributed by atoms with E-state index in [0.717, 1.165) is 41.8 Å². The Morgan fingerprint density at radius 2 is 2.18 bits per heavy atom. The third-order valence-corrected chi connectivity index (χ3v) is 4.51. The number of fused-ring (bicyclic) bond motifs is 1. The zero-order valence-electron chi connectivity index (χ0n) is 14.6. The summed E-state index contributed by atoms with van der Waals surface area (Å²) in [5.41, 5.74) is 1.40. The van der Waals surface area contributed by atoms with Gasteiger partial charge in [0.25, 0.3) is 0 Å². The lowest BCUT2D eigenvalue weighted by Crippen LogP contribution is -2.13. The summed E-state index contributed by atoms with van der Waals surface area (Å²) < 4.78 is 19.1. The molecule has 7 nitrogen and oxygen atoms in total. The van der Waals surface area contributed by atoms with E-state index in [-0.39, 0.29) is 16.5 Å². The van der Waals surface area contributed by atoms with E-state index < -0.39 is 21.9 Å². The van der Waals surface area contributed by atoms with Crippen molar-refractivity contribution in [3.8, 4) is 0 Å². The third kappa shape index (κ3) is 3.20. The van der Waals surface area contributed by atoms with Crippen LogP contribution < -0.4 is 5.43 Å². The summed E-state index contributed by atoms with van der Waals surface area (Å²) in [5, 5.41) is 10.9. The molecule has 8 heteroatoms. The van der Waals surface area contributed by atoms with Crippen molar-refractivity contribution in [2.75, 3.05) is 6.54 Å². The summed E-state index contributed by atoms with van der Waals surface area (Å²) in [4.78, 5) is 31.6. The summed E-state index contributed by atoms with van der Waals surface area (Å²) >= 11 is 0. The first kappa shape index (κ1) is 17.7. The highest BCUT2D eigenvalue weighted by Gasteiger charge is 2.20. The van der Waals surface area contributed by atoms with Gasteiger partial charge < -0.3 is 4.42 Å². The SMILES string of the molecule is O=c1c(C=C2CCCN=C2c2cccnc2)coc2cc(F)c([N+](=O)[O-])cc12. The molecule has 2 aromatic heterocycles. The Kier molecular flexibility index (Phi) is 4.52. The molecule has 1 aliphatic rings.